The van der Waals surface area contributed by atoms with Gasteiger partial charge in [-0.15, -0.1) is 0 Å². The Hall–Kier alpha value is 0.124. The van der Waals surface area contributed by atoms with Crippen molar-refractivity contribution in [3.63, 3.8) is 0 Å². The van der Waals surface area contributed by atoms with E-state index in [2.05, 4.69) is 53.7 Å². The van der Waals surface area contributed by atoms with Crippen LogP contribution in [0.25, 0.3) is 0 Å². The summed E-state index contributed by atoms with van der Waals surface area (Å²) in [6.45, 7) is 14.0. The van der Waals surface area contributed by atoms with Crippen molar-refractivity contribution < 1.29 is 42.2 Å². The van der Waals surface area contributed by atoms with Crippen LogP contribution in [0.1, 0.15) is 67.2 Å². The van der Waals surface area contributed by atoms with Gasteiger partial charge in [-0.2, -0.15) is 0 Å². The molecule has 0 nitrogen and oxygen atoms in total. The molecular formula is C19H28Cl2Ti. The number of hydrogen-bond acceptors (Lipinski definition) is 0. The Morgan fingerprint density at radius 2 is 1.23 bits per heavy atom. The molecule has 0 N–H and O–H groups in total. The molecule has 0 heterocycles. The predicted molar refractivity (Wildman–Crippen MR) is 87.7 cm³/mol. The van der Waals surface area contributed by atoms with E-state index in [0.717, 1.165) is 0 Å². The summed E-state index contributed by atoms with van der Waals surface area (Å²) in [4.78, 5) is 0. The van der Waals surface area contributed by atoms with Gasteiger partial charge < -0.3 is 24.8 Å². The van der Waals surface area contributed by atoms with E-state index in [9.17, 15) is 0 Å². The molecule has 0 atom stereocenters. The monoisotopic (exact) mass is 374 g/mol. The topological polar surface area (TPSA) is 0 Å². The molecule has 3 heteroatoms. The minimum Gasteiger partial charge on any atom is -1.00 e. The van der Waals surface area contributed by atoms with Gasteiger partial charge in [-0.1, -0.05) is 0 Å². The third-order valence-corrected chi connectivity index (χ3v) is 9.74. The molecule has 2 aliphatic rings. The Labute approximate surface area is 155 Å². The zero-order chi connectivity index (χ0) is 14.9. The fourth-order valence-electron chi connectivity index (χ4n) is 3.76. The average molecular weight is 375 g/mol. The van der Waals surface area contributed by atoms with Gasteiger partial charge in [0.2, 0.25) is 0 Å². The minimum atomic E-state index is -1.40. The molecular weight excluding hydrogens is 347 g/mol. The Morgan fingerprint density at radius 1 is 0.864 bits per heavy atom. The van der Waals surface area contributed by atoms with Crippen molar-refractivity contribution in [1.82, 2.24) is 0 Å². The predicted octanol–water partition coefficient (Wildman–Crippen LogP) is -0.147. The van der Waals surface area contributed by atoms with E-state index in [-0.39, 0.29) is 24.8 Å². The molecule has 0 saturated carbocycles. The third kappa shape index (κ3) is 4.15. The summed E-state index contributed by atoms with van der Waals surface area (Å²) in [6.07, 6.45) is 9.81. The van der Waals surface area contributed by atoms with Crippen LogP contribution in [0.2, 0.25) is 0 Å². The van der Waals surface area contributed by atoms with Gasteiger partial charge in [-0.05, 0) is 0 Å². The molecule has 0 aromatic heterocycles. The van der Waals surface area contributed by atoms with Crippen molar-refractivity contribution in [2.45, 2.75) is 67.2 Å². The average Bonchev–Trinajstić information content (AvgIpc) is 2.94. The molecule has 0 amide bonds. The van der Waals surface area contributed by atoms with Crippen molar-refractivity contribution in [2.75, 3.05) is 0 Å². The molecule has 0 aromatic rings. The van der Waals surface area contributed by atoms with Gasteiger partial charge in [0.1, 0.15) is 0 Å². The van der Waals surface area contributed by atoms with Crippen LogP contribution >= 0.6 is 0 Å². The molecule has 22 heavy (non-hydrogen) atoms. The van der Waals surface area contributed by atoms with Gasteiger partial charge in [0.25, 0.3) is 0 Å². The van der Waals surface area contributed by atoms with Crippen LogP contribution in [0.3, 0.4) is 0 Å². The van der Waals surface area contributed by atoms with Gasteiger partial charge >= 0.3 is 131 Å². The number of hydrogen-bond donors (Lipinski definition) is 0. The zero-order valence-electron chi connectivity index (χ0n) is 14.7. The van der Waals surface area contributed by atoms with Crippen LogP contribution in [0, 0.1) is 0 Å². The molecule has 0 aliphatic heterocycles. The van der Waals surface area contributed by atoms with Gasteiger partial charge in [0.15, 0.2) is 0 Å². The van der Waals surface area contributed by atoms with Gasteiger partial charge in [-0.25, -0.2) is 0 Å². The van der Waals surface area contributed by atoms with Gasteiger partial charge in [0, 0.05) is 0 Å². The van der Waals surface area contributed by atoms with Crippen molar-refractivity contribution in [3.05, 3.63) is 42.2 Å². The second kappa shape index (κ2) is 9.43. The summed E-state index contributed by atoms with van der Waals surface area (Å²) in [5, 5.41) is 0. The molecule has 0 aromatic carbocycles. The Morgan fingerprint density at radius 3 is 1.50 bits per heavy atom. The first-order valence-electron chi connectivity index (χ1n) is 7.97. The molecule has 2 rings (SSSR count). The molecule has 0 saturated heterocycles. The standard InChI is InChI=1S/2C8H11.C3H6.2ClH.Ti/c2*1-3-8-6-4-5-7(8)2;1-3-2;;;/h2*5H,3-4H2,1-2H3;1-2H3;2*1H;/q;;;;;+2/p-2. The Kier molecular flexibility index (Phi) is 9.48. The van der Waals surface area contributed by atoms with Gasteiger partial charge in [0.05, 0.1) is 0 Å². The Balaban J connectivity index is 0.00000220. The maximum absolute atomic E-state index is 2.46. The second-order valence-corrected chi connectivity index (χ2v) is 10.8. The van der Waals surface area contributed by atoms with E-state index in [1.54, 1.807) is 26.1 Å². The number of halogens is 2. The van der Waals surface area contributed by atoms with E-state index in [1.807, 2.05) is 7.76 Å². The van der Waals surface area contributed by atoms with Crippen LogP contribution in [0.15, 0.2) is 42.2 Å². The number of allylic oxidation sites excluding steroid dienone is 8. The second-order valence-electron chi connectivity index (χ2n) is 6.18. The zero-order valence-corrected chi connectivity index (χ0v) is 17.8. The van der Waals surface area contributed by atoms with Crippen molar-refractivity contribution in [2.24, 2.45) is 0 Å². The number of rotatable bonds is 4. The summed E-state index contributed by atoms with van der Waals surface area (Å²) in [5.41, 5.74) is 6.48. The molecule has 2 aliphatic carbocycles. The molecule has 0 spiro atoms. The largest absolute Gasteiger partial charge is 1.00 e. The van der Waals surface area contributed by atoms with E-state index >= 15 is 0 Å². The van der Waals surface area contributed by atoms with Crippen LogP contribution < -0.4 is 24.8 Å². The summed E-state index contributed by atoms with van der Waals surface area (Å²) < 4.78 is 5.40. The fraction of sp³-hybridized carbons (Fsp3) is 0.526. The van der Waals surface area contributed by atoms with Crippen LogP contribution in [0.4, 0.5) is 0 Å². The van der Waals surface area contributed by atoms with Crippen LogP contribution in [0.5, 0.6) is 0 Å². The van der Waals surface area contributed by atoms with Crippen LogP contribution in [-0.4, -0.2) is 3.81 Å². The first kappa shape index (κ1) is 22.1. The fourth-order valence-corrected chi connectivity index (χ4v) is 9.28. The summed E-state index contributed by atoms with van der Waals surface area (Å²) >= 11 is -1.40. The molecule has 0 bridgehead atoms. The van der Waals surface area contributed by atoms with E-state index in [1.165, 1.54) is 25.7 Å². The van der Waals surface area contributed by atoms with E-state index in [0.29, 0.717) is 0 Å². The SMILES string of the molecule is CCC1=[C]([Ti+2]([C]2=C(CC)C(C)=CC2)=[C](C)C)CC=C1C.[Cl-].[Cl-]. The summed E-state index contributed by atoms with van der Waals surface area (Å²) in [5.74, 6) is 0. The normalized spacial score (nSPS) is 16.6. The van der Waals surface area contributed by atoms with Crippen molar-refractivity contribution in [3.8, 4) is 0 Å². The quantitative estimate of drug-likeness (QED) is 0.600. The smallest absolute Gasteiger partial charge is 1.00 e. The summed E-state index contributed by atoms with van der Waals surface area (Å²) in [6, 6.07) is 0. The van der Waals surface area contributed by atoms with E-state index in [4.69, 9.17) is 0 Å². The maximum atomic E-state index is 2.46. The maximum Gasteiger partial charge on any atom is -1.00 e. The molecule has 0 unspecified atom stereocenters. The van der Waals surface area contributed by atoms with Crippen molar-refractivity contribution in [1.29, 1.82) is 0 Å². The van der Waals surface area contributed by atoms with Gasteiger partial charge in [-0.3, -0.25) is 0 Å². The van der Waals surface area contributed by atoms with Crippen LogP contribution in [-0.2, 0) is 17.4 Å². The first-order chi connectivity index (χ1) is 9.51. The first-order valence-corrected chi connectivity index (χ1v) is 10.3. The summed E-state index contributed by atoms with van der Waals surface area (Å²) in [7, 11) is 0. The molecule has 0 radical (unpaired) electrons. The van der Waals surface area contributed by atoms with E-state index < -0.39 is 17.4 Å². The molecule has 0 fully saturated rings. The minimum absolute atomic E-state index is 0. The molecule has 122 valence electrons. The Bertz CT molecular complexity index is 537. The third-order valence-electron chi connectivity index (χ3n) is 4.72. The van der Waals surface area contributed by atoms with Crippen molar-refractivity contribution >= 4 is 3.81 Å².